The number of amides is 1. The second kappa shape index (κ2) is 7.52. The summed E-state index contributed by atoms with van der Waals surface area (Å²) in [4.78, 5) is 22.8. The van der Waals surface area contributed by atoms with Crippen molar-refractivity contribution in [3.05, 3.63) is 23.8 Å². The van der Waals surface area contributed by atoms with E-state index in [1.807, 2.05) is 13.8 Å². The zero-order chi connectivity index (χ0) is 16.0. The van der Waals surface area contributed by atoms with Crippen LogP contribution in [0.15, 0.2) is 18.2 Å². The van der Waals surface area contributed by atoms with Gasteiger partial charge in [0, 0.05) is 24.6 Å². The molecule has 6 nitrogen and oxygen atoms in total. The van der Waals surface area contributed by atoms with Crippen LogP contribution in [0.2, 0.25) is 0 Å². The highest BCUT2D eigenvalue weighted by Crippen LogP contribution is 2.20. The number of hydrogen-bond donors (Lipinski definition) is 4. The second-order valence-corrected chi connectivity index (χ2v) is 5.54. The Labute approximate surface area is 123 Å². The van der Waals surface area contributed by atoms with E-state index in [9.17, 15) is 19.8 Å². The van der Waals surface area contributed by atoms with Gasteiger partial charge in [-0.1, -0.05) is 13.8 Å². The van der Waals surface area contributed by atoms with E-state index in [2.05, 4.69) is 5.32 Å². The van der Waals surface area contributed by atoms with Crippen molar-refractivity contribution in [2.45, 2.75) is 26.7 Å². The van der Waals surface area contributed by atoms with Gasteiger partial charge in [-0.05, 0) is 30.4 Å². The summed E-state index contributed by atoms with van der Waals surface area (Å²) in [7, 11) is 0. The van der Waals surface area contributed by atoms with Crippen LogP contribution in [0, 0.1) is 11.8 Å². The summed E-state index contributed by atoms with van der Waals surface area (Å²) in [6.07, 6.45) is 0.682. The van der Waals surface area contributed by atoms with Crippen molar-refractivity contribution in [2.24, 2.45) is 11.8 Å². The fourth-order valence-electron chi connectivity index (χ4n) is 2.22. The Balaban J connectivity index is 2.65. The van der Waals surface area contributed by atoms with Crippen molar-refractivity contribution in [3.8, 4) is 11.5 Å². The molecule has 6 heteroatoms. The van der Waals surface area contributed by atoms with Gasteiger partial charge in [-0.15, -0.1) is 0 Å². The maximum absolute atomic E-state index is 11.9. The fraction of sp³-hybridized carbons (Fsp3) is 0.467. The lowest BCUT2D eigenvalue weighted by Gasteiger charge is -2.17. The molecule has 1 aromatic rings. The number of carboxylic acids is 1. The van der Waals surface area contributed by atoms with Gasteiger partial charge in [0.2, 0.25) is 0 Å². The summed E-state index contributed by atoms with van der Waals surface area (Å²) < 4.78 is 0. The topological polar surface area (TPSA) is 107 Å². The zero-order valence-electron chi connectivity index (χ0n) is 12.2. The van der Waals surface area contributed by atoms with E-state index in [1.54, 1.807) is 0 Å². The Morgan fingerprint density at radius 2 is 1.71 bits per heavy atom. The number of aliphatic carboxylic acids is 1. The third kappa shape index (κ3) is 6.16. The lowest BCUT2D eigenvalue weighted by molar-refractivity contribution is -0.138. The highest BCUT2D eigenvalue weighted by Gasteiger charge is 2.17. The maximum Gasteiger partial charge on any atom is 0.303 e. The van der Waals surface area contributed by atoms with Gasteiger partial charge in [-0.3, -0.25) is 9.59 Å². The molecule has 1 unspecified atom stereocenters. The Hall–Kier alpha value is -2.24. The quantitative estimate of drug-likeness (QED) is 0.615. The minimum absolute atomic E-state index is 0.0102. The van der Waals surface area contributed by atoms with Gasteiger partial charge < -0.3 is 20.6 Å². The summed E-state index contributed by atoms with van der Waals surface area (Å²) in [5.74, 6) is -1.59. The van der Waals surface area contributed by atoms with Crippen molar-refractivity contribution in [1.29, 1.82) is 0 Å². The van der Waals surface area contributed by atoms with E-state index < -0.39 is 11.9 Å². The fourth-order valence-corrected chi connectivity index (χ4v) is 2.22. The SMILES string of the molecule is CC(C)CC(CNC(=O)c1cc(O)cc(O)c1)CC(=O)O. The van der Waals surface area contributed by atoms with Crippen LogP contribution in [-0.4, -0.2) is 33.7 Å². The molecule has 0 bridgehead atoms. The summed E-state index contributed by atoms with van der Waals surface area (Å²) in [6, 6.07) is 3.61. The molecular formula is C15H21NO5. The summed E-state index contributed by atoms with van der Waals surface area (Å²) in [6.45, 7) is 4.22. The Bertz CT molecular complexity index is 493. The van der Waals surface area contributed by atoms with Gasteiger partial charge in [-0.25, -0.2) is 0 Å². The molecule has 1 amide bonds. The Morgan fingerprint density at radius 1 is 1.14 bits per heavy atom. The number of rotatable bonds is 7. The number of nitrogens with one attached hydrogen (secondary N) is 1. The lowest BCUT2D eigenvalue weighted by atomic mass is 9.94. The lowest BCUT2D eigenvalue weighted by Crippen LogP contribution is -2.31. The van der Waals surface area contributed by atoms with Crippen LogP contribution in [-0.2, 0) is 4.79 Å². The molecular weight excluding hydrogens is 274 g/mol. The first-order chi connectivity index (χ1) is 9.77. The number of carboxylic acid groups (broad SMARTS) is 1. The number of phenols is 2. The van der Waals surface area contributed by atoms with E-state index >= 15 is 0 Å². The summed E-state index contributed by atoms with van der Waals surface area (Å²) in [5.41, 5.74) is 0.131. The van der Waals surface area contributed by atoms with Crippen LogP contribution < -0.4 is 5.32 Å². The minimum Gasteiger partial charge on any atom is -0.508 e. The number of phenolic OH excluding ortho intramolecular Hbond substituents is 2. The largest absolute Gasteiger partial charge is 0.508 e. The van der Waals surface area contributed by atoms with Crippen molar-refractivity contribution in [2.75, 3.05) is 6.54 Å². The molecule has 0 aliphatic heterocycles. The van der Waals surface area contributed by atoms with Gasteiger partial charge in [0.1, 0.15) is 11.5 Å². The van der Waals surface area contributed by atoms with Gasteiger partial charge >= 0.3 is 5.97 Å². The molecule has 1 aromatic carbocycles. The highest BCUT2D eigenvalue weighted by atomic mass is 16.4. The monoisotopic (exact) mass is 295 g/mol. The van der Waals surface area contributed by atoms with Crippen molar-refractivity contribution in [1.82, 2.24) is 5.32 Å². The smallest absolute Gasteiger partial charge is 0.303 e. The van der Waals surface area contributed by atoms with Gasteiger partial charge in [-0.2, -0.15) is 0 Å². The summed E-state index contributed by atoms with van der Waals surface area (Å²) in [5, 5.41) is 30.2. The molecule has 0 aliphatic carbocycles. The van der Waals surface area contributed by atoms with Crippen LogP contribution >= 0.6 is 0 Å². The normalized spacial score (nSPS) is 12.1. The highest BCUT2D eigenvalue weighted by molar-refractivity contribution is 5.95. The van der Waals surface area contributed by atoms with Crippen LogP contribution in [0.5, 0.6) is 11.5 Å². The second-order valence-electron chi connectivity index (χ2n) is 5.54. The van der Waals surface area contributed by atoms with E-state index in [4.69, 9.17) is 5.11 Å². The van der Waals surface area contributed by atoms with E-state index in [1.165, 1.54) is 12.1 Å². The van der Waals surface area contributed by atoms with Crippen molar-refractivity contribution >= 4 is 11.9 Å². The standard InChI is InChI=1S/C15H21NO5/c1-9(2)3-10(4-14(19)20)8-16-15(21)11-5-12(17)7-13(18)6-11/h5-7,9-10,17-18H,3-4,8H2,1-2H3,(H,16,21)(H,19,20). The van der Waals surface area contributed by atoms with Gasteiger partial charge in [0.05, 0.1) is 0 Å². The zero-order valence-corrected chi connectivity index (χ0v) is 12.2. The van der Waals surface area contributed by atoms with E-state index in [0.29, 0.717) is 12.3 Å². The van der Waals surface area contributed by atoms with Crippen LogP contribution in [0.3, 0.4) is 0 Å². The number of hydrogen-bond acceptors (Lipinski definition) is 4. The molecule has 0 heterocycles. The molecule has 116 valence electrons. The molecule has 1 atom stereocenters. The molecule has 1 rings (SSSR count). The van der Waals surface area contributed by atoms with Crippen molar-refractivity contribution < 1.29 is 24.9 Å². The molecule has 0 saturated carbocycles. The summed E-state index contributed by atoms with van der Waals surface area (Å²) >= 11 is 0. The predicted molar refractivity (Wildman–Crippen MR) is 77.3 cm³/mol. The number of carbonyl (C=O) groups excluding carboxylic acids is 1. The average Bonchev–Trinajstić information content (AvgIpc) is 2.32. The van der Waals surface area contributed by atoms with Gasteiger partial charge in [0.15, 0.2) is 0 Å². The molecule has 0 spiro atoms. The molecule has 0 aliphatic rings. The average molecular weight is 295 g/mol. The van der Waals surface area contributed by atoms with E-state index in [-0.39, 0.29) is 35.9 Å². The van der Waals surface area contributed by atoms with Crippen LogP contribution in [0.1, 0.15) is 37.0 Å². The first-order valence-electron chi connectivity index (χ1n) is 6.81. The third-order valence-corrected chi connectivity index (χ3v) is 2.98. The third-order valence-electron chi connectivity index (χ3n) is 2.98. The Morgan fingerprint density at radius 3 is 2.19 bits per heavy atom. The maximum atomic E-state index is 11.9. The molecule has 21 heavy (non-hydrogen) atoms. The van der Waals surface area contributed by atoms with Crippen LogP contribution in [0.25, 0.3) is 0 Å². The first kappa shape index (κ1) is 16.8. The molecule has 0 aromatic heterocycles. The Kier molecular flexibility index (Phi) is 6.02. The molecule has 0 fully saturated rings. The molecule has 0 saturated heterocycles. The molecule has 4 N–H and O–H groups in total. The van der Waals surface area contributed by atoms with Crippen LogP contribution in [0.4, 0.5) is 0 Å². The molecule has 0 radical (unpaired) electrons. The van der Waals surface area contributed by atoms with Gasteiger partial charge in [0.25, 0.3) is 5.91 Å². The minimum atomic E-state index is -0.898. The first-order valence-corrected chi connectivity index (χ1v) is 6.81. The number of benzene rings is 1. The van der Waals surface area contributed by atoms with Crippen molar-refractivity contribution in [3.63, 3.8) is 0 Å². The number of carbonyl (C=O) groups is 2. The predicted octanol–water partition coefficient (Wildman–Crippen LogP) is 1.96. The van der Waals surface area contributed by atoms with E-state index in [0.717, 1.165) is 6.07 Å². The number of aromatic hydroxyl groups is 2.